The zero-order valence-electron chi connectivity index (χ0n) is 21.4. The third kappa shape index (κ3) is 13.8. The number of carbonyl (C=O) groups excluding carboxylic acids is 3. The summed E-state index contributed by atoms with van der Waals surface area (Å²) in [5, 5.41) is 26.4. The number of rotatable bonds is 18. The Morgan fingerprint density at radius 1 is 0.861 bits per heavy atom. The second-order valence-electron chi connectivity index (χ2n) is 9.16. The SMILES string of the molecule is CC(C)CC(NC(=O)C(N)CCCCN)C(=O)NC(CCCN=C(N)N)C(=O)NC(C(=O)O)C(C)O. The van der Waals surface area contributed by atoms with Gasteiger partial charge in [-0.2, -0.15) is 0 Å². The number of nitrogens with two attached hydrogens (primary N) is 4. The Labute approximate surface area is 212 Å². The molecule has 14 heteroatoms. The van der Waals surface area contributed by atoms with Crippen LogP contribution >= 0.6 is 0 Å². The van der Waals surface area contributed by atoms with Crippen molar-refractivity contribution in [1.29, 1.82) is 0 Å². The first kappa shape index (κ1) is 33.0. The van der Waals surface area contributed by atoms with Gasteiger partial charge >= 0.3 is 5.97 Å². The van der Waals surface area contributed by atoms with Gasteiger partial charge in [0, 0.05) is 6.54 Å². The second-order valence-corrected chi connectivity index (χ2v) is 9.16. The number of carbonyl (C=O) groups is 4. The maximum Gasteiger partial charge on any atom is 0.328 e. The molecule has 0 aromatic rings. The van der Waals surface area contributed by atoms with Crippen molar-refractivity contribution in [3.8, 4) is 0 Å². The summed E-state index contributed by atoms with van der Waals surface area (Å²) in [4.78, 5) is 53.7. The molecule has 0 aliphatic rings. The fourth-order valence-corrected chi connectivity index (χ4v) is 3.31. The number of carboxylic acids is 1. The highest BCUT2D eigenvalue weighted by atomic mass is 16.4. The predicted octanol–water partition coefficient (Wildman–Crippen LogP) is -2.54. The number of aliphatic hydroxyl groups excluding tert-OH is 1. The lowest BCUT2D eigenvalue weighted by Crippen LogP contribution is -2.58. The van der Waals surface area contributed by atoms with E-state index in [1.807, 2.05) is 13.8 Å². The number of aliphatic hydroxyl groups is 1. The van der Waals surface area contributed by atoms with Crippen molar-refractivity contribution in [2.24, 2.45) is 33.8 Å². The summed E-state index contributed by atoms with van der Waals surface area (Å²) in [6.45, 7) is 5.61. The average molecular weight is 517 g/mol. The molecule has 0 saturated heterocycles. The van der Waals surface area contributed by atoms with Gasteiger partial charge in [0.05, 0.1) is 12.1 Å². The summed E-state index contributed by atoms with van der Waals surface area (Å²) >= 11 is 0. The molecule has 14 nitrogen and oxygen atoms in total. The topological polar surface area (TPSA) is 261 Å². The molecule has 5 unspecified atom stereocenters. The van der Waals surface area contributed by atoms with Gasteiger partial charge in [-0.05, 0) is 51.5 Å². The van der Waals surface area contributed by atoms with E-state index in [2.05, 4.69) is 20.9 Å². The van der Waals surface area contributed by atoms with E-state index < -0.39 is 54.0 Å². The monoisotopic (exact) mass is 516 g/mol. The molecule has 0 aliphatic heterocycles. The maximum atomic E-state index is 13.1. The summed E-state index contributed by atoms with van der Waals surface area (Å²) in [5.41, 5.74) is 22.0. The molecule has 5 atom stereocenters. The second kappa shape index (κ2) is 17.5. The van der Waals surface area contributed by atoms with Crippen molar-refractivity contribution in [3.63, 3.8) is 0 Å². The summed E-state index contributed by atoms with van der Waals surface area (Å²) in [6, 6.07) is -4.54. The summed E-state index contributed by atoms with van der Waals surface area (Å²) in [7, 11) is 0. The Morgan fingerprint density at radius 2 is 1.44 bits per heavy atom. The van der Waals surface area contributed by atoms with Gasteiger partial charge in [0.15, 0.2) is 12.0 Å². The smallest absolute Gasteiger partial charge is 0.328 e. The first-order valence-electron chi connectivity index (χ1n) is 12.1. The van der Waals surface area contributed by atoms with Crippen LogP contribution in [0.5, 0.6) is 0 Å². The molecule has 208 valence electrons. The van der Waals surface area contributed by atoms with Crippen molar-refractivity contribution in [2.75, 3.05) is 13.1 Å². The van der Waals surface area contributed by atoms with Gasteiger partial charge in [-0.3, -0.25) is 19.4 Å². The number of hydrogen-bond donors (Lipinski definition) is 9. The van der Waals surface area contributed by atoms with Gasteiger partial charge in [0.2, 0.25) is 17.7 Å². The molecule has 0 spiro atoms. The first-order chi connectivity index (χ1) is 16.8. The zero-order valence-corrected chi connectivity index (χ0v) is 21.4. The number of nitrogens with one attached hydrogen (secondary N) is 3. The van der Waals surface area contributed by atoms with E-state index in [-0.39, 0.29) is 37.7 Å². The molecule has 0 radical (unpaired) electrons. The van der Waals surface area contributed by atoms with Crippen molar-refractivity contribution >= 4 is 29.7 Å². The molecule has 0 saturated carbocycles. The quantitative estimate of drug-likeness (QED) is 0.0523. The molecule has 0 aromatic carbocycles. The van der Waals surface area contributed by atoms with Gasteiger partial charge in [-0.15, -0.1) is 0 Å². The first-order valence-corrected chi connectivity index (χ1v) is 12.1. The van der Waals surface area contributed by atoms with Crippen molar-refractivity contribution in [3.05, 3.63) is 0 Å². The van der Waals surface area contributed by atoms with Crippen LogP contribution in [-0.2, 0) is 19.2 Å². The van der Waals surface area contributed by atoms with Crippen LogP contribution in [0.3, 0.4) is 0 Å². The Hall–Kier alpha value is -2.97. The standard InChI is InChI=1S/C22H44N8O6/c1-12(2)11-16(29-18(32)14(24)7-4-5-9-23)20(34)28-15(8-6-10-27-22(25)26)19(33)30-17(13(3)31)21(35)36/h12-17,31H,4-11,23-24H2,1-3H3,(H,28,34)(H,29,32)(H,30,33)(H,35,36)(H4,25,26,27). The van der Waals surface area contributed by atoms with E-state index in [1.54, 1.807) is 0 Å². The lowest BCUT2D eigenvalue weighted by Gasteiger charge is -2.26. The highest BCUT2D eigenvalue weighted by Gasteiger charge is 2.32. The number of amides is 3. The molecular weight excluding hydrogens is 472 g/mol. The van der Waals surface area contributed by atoms with Crippen molar-refractivity contribution in [1.82, 2.24) is 16.0 Å². The number of nitrogens with zero attached hydrogens (tertiary/aromatic N) is 1. The molecule has 3 amide bonds. The van der Waals surface area contributed by atoms with Gasteiger partial charge in [0.25, 0.3) is 0 Å². The molecule has 0 aliphatic carbocycles. The zero-order chi connectivity index (χ0) is 27.8. The predicted molar refractivity (Wildman–Crippen MR) is 135 cm³/mol. The van der Waals surface area contributed by atoms with E-state index in [0.717, 1.165) is 6.42 Å². The molecule has 36 heavy (non-hydrogen) atoms. The number of carboxylic acid groups (broad SMARTS) is 1. The average Bonchev–Trinajstić information content (AvgIpc) is 2.77. The number of unbranched alkanes of at least 4 members (excludes halogenated alkanes) is 1. The van der Waals surface area contributed by atoms with Crippen LogP contribution in [0.4, 0.5) is 0 Å². The van der Waals surface area contributed by atoms with E-state index in [1.165, 1.54) is 6.92 Å². The lowest BCUT2D eigenvalue weighted by atomic mass is 10.0. The van der Waals surface area contributed by atoms with Crippen LogP contribution in [0.1, 0.15) is 59.3 Å². The molecule has 0 aromatic heterocycles. The number of hydrogen-bond acceptors (Lipinski definition) is 8. The minimum Gasteiger partial charge on any atom is -0.480 e. The molecular formula is C22H44N8O6. The molecule has 0 bridgehead atoms. The maximum absolute atomic E-state index is 13.1. The van der Waals surface area contributed by atoms with Gasteiger partial charge < -0.3 is 49.1 Å². The van der Waals surface area contributed by atoms with Crippen LogP contribution in [0.15, 0.2) is 4.99 Å². The summed E-state index contributed by atoms with van der Waals surface area (Å²) in [6.07, 6.45) is 1.05. The van der Waals surface area contributed by atoms with Crippen LogP contribution < -0.4 is 38.9 Å². The molecule has 0 rings (SSSR count). The van der Waals surface area contributed by atoms with Crippen LogP contribution in [0.25, 0.3) is 0 Å². The highest BCUT2D eigenvalue weighted by Crippen LogP contribution is 2.09. The van der Waals surface area contributed by atoms with Gasteiger partial charge in [0.1, 0.15) is 12.1 Å². The van der Waals surface area contributed by atoms with Crippen LogP contribution in [0.2, 0.25) is 0 Å². The normalized spacial score (nSPS) is 15.2. The molecule has 13 N–H and O–H groups in total. The highest BCUT2D eigenvalue weighted by molar-refractivity contribution is 5.94. The van der Waals surface area contributed by atoms with Crippen molar-refractivity contribution < 1.29 is 29.4 Å². The summed E-state index contributed by atoms with van der Waals surface area (Å²) < 4.78 is 0. The van der Waals surface area contributed by atoms with Crippen molar-refractivity contribution in [2.45, 2.75) is 89.6 Å². The Bertz CT molecular complexity index is 742. The number of aliphatic carboxylic acids is 1. The third-order valence-electron chi connectivity index (χ3n) is 5.27. The Balaban J connectivity index is 5.55. The minimum atomic E-state index is -1.58. The molecule has 0 heterocycles. The fourth-order valence-electron chi connectivity index (χ4n) is 3.31. The van der Waals surface area contributed by atoms with Gasteiger partial charge in [-0.25, -0.2) is 4.79 Å². The fraction of sp³-hybridized carbons (Fsp3) is 0.773. The Kier molecular flexibility index (Phi) is 16.0. The van der Waals surface area contributed by atoms with E-state index in [4.69, 9.17) is 22.9 Å². The largest absolute Gasteiger partial charge is 0.480 e. The van der Waals surface area contributed by atoms with E-state index >= 15 is 0 Å². The van der Waals surface area contributed by atoms with E-state index in [0.29, 0.717) is 19.4 Å². The third-order valence-corrected chi connectivity index (χ3v) is 5.27. The lowest BCUT2D eigenvalue weighted by molar-refractivity contribution is -0.145. The number of aliphatic imine (C=N–C) groups is 1. The Morgan fingerprint density at radius 3 is 1.94 bits per heavy atom. The van der Waals surface area contributed by atoms with E-state index in [9.17, 15) is 29.4 Å². The number of guanidine groups is 1. The van der Waals surface area contributed by atoms with Crippen LogP contribution in [0, 0.1) is 5.92 Å². The van der Waals surface area contributed by atoms with Gasteiger partial charge in [-0.1, -0.05) is 20.3 Å². The van der Waals surface area contributed by atoms with Crippen LogP contribution in [-0.4, -0.2) is 83.2 Å². The summed E-state index contributed by atoms with van der Waals surface area (Å²) in [5.74, 6) is -3.48. The minimum absolute atomic E-state index is 0.0234. The molecule has 0 fully saturated rings.